The summed E-state index contributed by atoms with van der Waals surface area (Å²) in [5, 5.41) is 2.80. The highest BCUT2D eigenvalue weighted by Gasteiger charge is 2.27. The number of nitrogens with zero attached hydrogens (tertiary/aromatic N) is 5. The molecule has 1 aromatic carbocycles. The van der Waals surface area contributed by atoms with E-state index in [1.165, 1.54) is 0 Å². The van der Waals surface area contributed by atoms with Crippen molar-refractivity contribution in [3.63, 3.8) is 0 Å². The molecular formula is C21H26N6O2. The Morgan fingerprint density at radius 1 is 1.07 bits per heavy atom. The van der Waals surface area contributed by atoms with Crippen LogP contribution in [0.5, 0.6) is 0 Å². The number of carbonyl (C=O) groups is 2. The monoisotopic (exact) mass is 394 g/mol. The second-order valence-corrected chi connectivity index (χ2v) is 7.49. The highest BCUT2D eigenvalue weighted by atomic mass is 16.2. The summed E-state index contributed by atoms with van der Waals surface area (Å²) in [7, 11) is 0. The average Bonchev–Trinajstić information content (AvgIpc) is 3.22. The minimum atomic E-state index is 0.168. The fraction of sp³-hybridized carbons (Fsp3) is 0.429. The number of likely N-dealkylation sites (tertiary alicyclic amines) is 1. The molecule has 8 heteroatoms. The van der Waals surface area contributed by atoms with Gasteiger partial charge in [-0.15, -0.1) is 0 Å². The molecule has 2 amide bonds. The number of amides is 2. The maximum absolute atomic E-state index is 12.6. The summed E-state index contributed by atoms with van der Waals surface area (Å²) < 4.78 is 0. The van der Waals surface area contributed by atoms with Crippen molar-refractivity contribution in [2.24, 2.45) is 0 Å². The van der Waals surface area contributed by atoms with Crippen molar-refractivity contribution in [3.05, 3.63) is 42.7 Å². The standard InChI is InChI=1S/C21H26N6O2/c28-16-24-18-6-9-25(14-18)15-20(29)27-12-10-26(11-13-27)19-4-2-17(3-5-19)21-22-7-1-8-23-21/h1-5,7-8,16,18H,6,9-15H2,(H,24,28). The Hall–Kier alpha value is -3.00. The molecule has 2 fully saturated rings. The molecule has 1 atom stereocenters. The van der Waals surface area contributed by atoms with Gasteiger partial charge in [-0.25, -0.2) is 9.97 Å². The molecule has 1 aromatic heterocycles. The van der Waals surface area contributed by atoms with Gasteiger partial charge in [-0.05, 0) is 36.8 Å². The van der Waals surface area contributed by atoms with Crippen molar-refractivity contribution in [2.45, 2.75) is 12.5 Å². The van der Waals surface area contributed by atoms with Crippen molar-refractivity contribution < 1.29 is 9.59 Å². The zero-order chi connectivity index (χ0) is 20.1. The summed E-state index contributed by atoms with van der Waals surface area (Å²) in [4.78, 5) is 38.1. The van der Waals surface area contributed by atoms with Crippen LogP contribution in [0.15, 0.2) is 42.7 Å². The lowest BCUT2D eigenvalue weighted by Gasteiger charge is -2.36. The Bertz CT molecular complexity index is 821. The predicted octanol–water partition coefficient (Wildman–Crippen LogP) is 0.613. The molecule has 29 heavy (non-hydrogen) atoms. The number of benzene rings is 1. The van der Waals surface area contributed by atoms with Gasteiger partial charge in [-0.3, -0.25) is 14.5 Å². The molecular weight excluding hydrogens is 368 g/mol. The van der Waals surface area contributed by atoms with Crippen LogP contribution in [0.1, 0.15) is 6.42 Å². The molecule has 0 bridgehead atoms. The Morgan fingerprint density at radius 2 is 1.79 bits per heavy atom. The first-order chi connectivity index (χ1) is 14.2. The van der Waals surface area contributed by atoms with Crippen LogP contribution < -0.4 is 10.2 Å². The molecule has 1 unspecified atom stereocenters. The molecule has 2 aliphatic rings. The molecule has 0 spiro atoms. The molecule has 8 nitrogen and oxygen atoms in total. The fourth-order valence-electron chi connectivity index (χ4n) is 3.98. The first-order valence-electron chi connectivity index (χ1n) is 10.0. The van der Waals surface area contributed by atoms with Gasteiger partial charge in [0.15, 0.2) is 5.82 Å². The van der Waals surface area contributed by atoms with Crippen molar-refractivity contribution in [2.75, 3.05) is 50.7 Å². The quantitative estimate of drug-likeness (QED) is 0.723. The van der Waals surface area contributed by atoms with E-state index in [9.17, 15) is 9.59 Å². The van der Waals surface area contributed by atoms with Gasteiger partial charge in [0.1, 0.15) is 0 Å². The highest BCUT2D eigenvalue weighted by Crippen LogP contribution is 2.21. The van der Waals surface area contributed by atoms with E-state index in [1.807, 2.05) is 23.1 Å². The SMILES string of the molecule is O=CNC1CCN(CC(=O)N2CCN(c3ccc(-c4ncccn4)cc3)CC2)C1. The number of rotatable bonds is 6. The van der Waals surface area contributed by atoms with E-state index in [0.717, 1.165) is 69.2 Å². The molecule has 152 valence electrons. The van der Waals surface area contributed by atoms with Gasteiger partial charge in [-0.2, -0.15) is 0 Å². The third kappa shape index (κ3) is 4.71. The maximum atomic E-state index is 12.6. The Labute approximate surface area is 170 Å². The lowest BCUT2D eigenvalue weighted by molar-refractivity contribution is -0.132. The first kappa shape index (κ1) is 19.3. The number of nitrogens with one attached hydrogen (secondary N) is 1. The minimum Gasteiger partial charge on any atom is -0.368 e. The van der Waals surface area contributed by atoms with Crippen molar-refractivity contribution in [1.29, 1.82) is 0 Å². The fourth-order valence-corrected chi connectivity index (χ4v) is 3.98. The van der Waals surface area contributed by atoms with Crippen LogP contribution in [0.2, 0.25) is 0 Å². The van der Waals surface area contributed by atoms with E-state index < -0.39 is 0 Å². The molecule has 0 saturated carbocycles. The zero-order valence-electron chi connectivity index (χ0n) is 16.4. The normalized spacial score (nSPS) is 19.9. The summed E-state index contributed by atoms with van der Waals surface area (Å²) in [5.74, 6) is 0.898. The van der Waals surface area contributed by atoms with Crippen LogP contribution >= 0.6 is 0 Å². The summed E-state index contributed by atoms with van der Waals surface area (Å²) in [5.41, 5.74) is 2.15. The van der Waals surface area contributed by atoms with E-state index in [1.54, 1.807) is 12.4 Å². The number of hydrogen-bond donors (Lipinski definition) is 1. The molecule has 2 aromatic rings. The van der Waals surface area contributed by atoms with E-state index in [2.05, 4.69) is 37.2 Å². The molecule has 0 radical (unpaired) electrons. The van der Waals surface area contributed by atoms with Crippen molar-refractivity contribution in [1.82, 2.24) is 25.1 Å². The highest BCUT2D eigenvalue weighted by molar-refractivity contribution is 5.78. The van der Waals surface area contributed by atoms with Crippen molar-refractivity contribution in [3.8, 4) is 11.4 Å². The molecule has 0 aliphatic carbocycles. The molecule has 4 rings (SSSR count). The number of anilines is 1. The third-order valence-corrected chi connectivity index (χ3v) is 5.62. The maximum Gasteiger partial charge on any atom is 0.236 e. The smallest absolute Gasteiger partial charge is 0.236 e. The number of carbonyl (C=O) groups excluding carboxylic acids is 2. The van der Waals surface area contributed by atoms with Gasteiger partial charge in [0, 0.05) is 69.0 Å². The van der Waals surface area contributed by atoms with Crippen LogP contribution in [0.25, 0.3) is 11.4 Å². The van der Waals surface area contributed by atoms with Crippen LogP contribution in [-0.2, 0) is 9.59 Å². The number of hydrogen-bond acceptors (Lipinski definition) is 6. The Morgan fingerprint density at radius 3 is 2.48 bits per heavy atom. The van der Waals surface area contributed by atoms with Crippen LogP contribution in [0, 0.1) is 0 Å². The zero-order valence-corrected chi connectivity index (χ0v) is 16.4. The molecule has 2 aliphatic heterocycles. The summed E-state index contributed by atoms with van der Waals surface area (Å²) in [6.45, 7) is 5.14. The van der Waals surface area contributed by atoms with Crippen LogP contribution in [-0.4, -0.2) is 83.9 Å². The average molecular weight is 394 g/mol. The predicted molar refractivity (Wildman–Crippen MR) is 110 cm³/mol. The van der Waals surface area contributed by atoms with E-state index >= 15 is 0 Å². The van der Waals surface area contributed by atoms with E-state index in [4.69, 9.17) is 0 Å². The van der Waals surface area contributed by atoms with Gasteiger partial charge >= 0.3 is 0 Å². The Balaban J connectivity index is 1.27. The van der Waals surface area contributed by atoms with Gasteiger partial charge in [0.25, 0.3) is 0 Å². The van der Waals surface area contributed by atoms with Gasteiger partial charge in [-0.1, -0.05) is 0 Å². The van der Waals surface area contributed by atoms with Crippen LogP contribution in [0.3, 0.4) is 0 Å². The lowest BCUT2D eigenvalue weighted by Crippen LogP contribution is -2.51. The summed E-state index contributed by atoms with van der Waals surface area (Å²) in [6, 6.07) is 10.2. The van der Waals surface area contributed by atoms with Gasteiger partial charge < -0.3 is 15.1 Å². The lowest BCUT2D eigenvalue weighted by atomic mass is 10.1. The second kappa shape index (κ2) is 9.00. The largest absolute Gasteiger partial charge is 0.368 e. The van der Waals surface area contributed by atoms with Gasteiger partial charge in [0.2, 0.25) is 12.3 Å². The minimum absolute atomic E-state index is 0.168. The second-order valence-electron chi connectivity index (χ2n) is 7.49. The van der Waals surface area contributed by atoms with Crippen molar-refractivity contribution >= 4 is 18.0 Å². The molecule has 2 saturated heterocycles. The topological polar surface area (TPSA) is 81.7 Å². The van der Waals surface area contributed by atoms with E-state index in [0.29, 0.717) is 6.54 Å². The molecule has 1 N–H and O–H groups in total. The summed E-state index contributed by atoms with van der Waals surface area (Å²) in [6.07, 6.45) is 5.14. The number of aromatic nitrogens is 2. The Kier molecular flexibility index (Phi) is 6.00. The van der Waals surface area contributed by atoms with Gasteiger partial charge in [0.05, 0.1) is 6.54 Å². The van der Waals surface area contributed by atoms with Crippen LogP contribution in [0.4, 0.5) is 5.69 Å². The molecule has 3 heterocycles. The third-order valence-electron chi connectivity index (χ3n) is 5.62. The first-order valence-corrected chi connectivity index (χ1v) is 10.0. The number of piperazine rings is 1. The van der Waals surface area contributed by atoms with E-state index in [-0.39, 0.29) is 11.9 Å². The summed E-state index contributed by atoms with van der Waals surface area (Å²) >= 11 is 0.